The molecule has 0 spiro atoms. The molecule has 2 aromatic heterocycles. The SMILES string of the molecule is CC(=O)N(c1cccc(C(F)(F)F)c1)c1nc(CSc2nncn2C)cs1. The highest BCUT2D eigenvalue weighted by molar-refractivity contribution is 7.98. The third-order valence-electron chi connectivity index (χ3n) is 3.50. The van der Waals surface area contributed by atoms with Crippen LogP contribution in [0.3, 0.4) is 0 Å². The lowest BCUT2D eigenvalue weighted by atomic mass is 10.2. The first-order chi connectivity index (χ1) is 12.8. The van der Waals surface area contributed by atoms with Crippen LogP contribution in [-0.2, 0) is 23.8 Å². The maximum Gasteiger partial charge on any atom is 0.416 e. The lowest BCUT2D eigenvalue weighted by Gasteiger charge is -2.19. The highest BCUT2D eigenvalue weighted by atomic mass is 32.2. The predicted octanol–water partition coefficient (Wildman–Crippen LogP) is 4.27. The van der Waals surface area contributed by atoms with Crippen molar-refractivity contribution in [1.29, 1.82) is 0 Å². The summed E-state index contributed by atoms with van der Waals surface area (Å²) in [7, 11) is 1.82. The zero-order valence-electron chi connectivity index (χ0n) is 14.3. The number of aryl methyl sites for hydroxylation is 1. The molecule has 0 saturated carbocycles. The molecule has 0 fully saturated rings. The number of nitrogens with zero attached hydrogens (tertiary/aromatic N) is 5. The van der Waals surface area contributed by atoms with E-state index in [-0.39, 0.29) is 5.69 Å². The molecule has 0 unspecified atom stereocenters. The Kier molecular flexibility index (Phi) is 5.51. The van der Waals surface area contributed by atoms with Gasteiger partial charge in [0.05, 0.1) is 16.9 Å². The standard InChI is InChI=1S/C16H14F3N5OS2/c1-10(25)24(13-5-3-4-11(6-13)16(17,18)19)14-21-12(7-26-14)8-27-15-22-20-9-23(15)2/h3-7,9H,8H2,1-2H3. The number of carbonyl (C=O) groups is 1. The molecule has 0 bridgehead atoms. The van der Waals surface area contributed by atoms with Crippen molar-refractivity contribution in [3.05, 3.63) is 47.2 Å². The van der Waals surface area contributed by atoms with Crippen LogP contribution >= 0.6 is 23.1 Å². The van der Waals surface area contributed by atoms with Crippen molar-refractivity contribution in [3.63, 3.8) is 0 Å². The zero-order chi connectivity index (χ0) is 19.6. The number of hydrogen-bond donors (Lipinski definition) is 0. The molecule has 11 heteroatoms. The van der Waals surface area contributed by atoms with E-state index < -0.39 is 17.6 Å². The number of halogens is 3. The summed E-state index contributed by atoms with van der Waals surface area (Å²) in [4.78, 5) is 17.7. The van der Waals surface area contributed by atoms with Crippen LogP contribution in [0.5, 0.6) is 0 Å². The van der Waals surface area contributed by atoms with E-state index in [1.54, 1.807) is 16.3 Å². The van der Waals surface area contributed by atoms with E-state index in [9.17, 15) is 18.0 Å². The van der Waals surface area contributed by atoms with Crippen molar-refractivity contribution in [2.45, 2.75) is 24.0 Å². The molecule has 0 atom stereocenters. The Balaban J connectivity index is 1.83. The number of rotatable bonds is 5. The average molecular weight is 413 g/mol. The van der Waals surface area contributed by atoms with E-state index in [4.69, 9.17) is 0 Å². The van der Waals surface area contributed by atoms with Crippen LogP contribution in [0.2, 0.25) is 0 Å². The smallest absolute Gasteiger partial charge is 0.312 e. The predicted molar refractivity (Wildman–Crippen MR) is 96.9 cm³/mol. The molecule has 1 aromatic carbocycles. The van der Waals surface area contributed by atoms with Gasteiger partial charge in [0.2, 0.25) is 5.91 Å². The number of thioether (sulfide) groups is 1. The monoisotopic (exact) mass is 413 g/mol. The van der Waals surface area contributed by atoms with Crippen LogP contribution < -0.4 is 4.90 Å². The Morgan fingerprint density at radius 2 is 2.15 bits per heavy atom. The summed E-state index contributed by atoms with van der Waals surface area (Å²) in [6.07, 6.45) is -2.90. The fraction of sp³-hybridized carbons (Fsp3) is 0.250. The third kappa shape index (κ3) is 4.48. The maximum atomic E-state index is 13.0. The summed E-state index contributed by atoms with van der Waals surface area (Å²) in [5.41, 5.74) is 0.00118. The van der Waals surface area contributed by atoms with Crippen molar-refractivity contribution in [2.75, 3.05) is 4.90 Å². The van der Waals surface area contributed by atoms with Crippen LogP contribution in [0, 0.1) is 0 Å². The Morgan fingerprint density at radius 3 is 2.78 bits per heavy atom. The molecule has 142 valence electrons. The first-order valence-corrected chi connectivity index (χ1v) is 9.51. The third-order valence-corrected chi connectivity index (χ3v) is 5.44. The molecule has 27 heavy (non-hydrogen) atoms. The molecule has 0 aliphatic carbocycles. The number of hydrogen-bond acceptors (Lipinski definition) is 6. The fourth-order valence-corrected chi connectivity index (χ4v) is 4.03. The van der Waals surface area contributed by atoms with Crippen LogP contribution in [0.1, 0.15) is 18.2 Å². The highest BCUT2D eigenvalue weighted by Crippen LogP contribution is 2.35. The van der Waals surface area contributed by atoms with E-state index >= 15 is 0 Å². The average Bonchev–Trinajstić information content (AvgIpc) is 3.21. The Morgan fingerprint density at radius 1 is 1.37 bits per heavy atom. The Bertz CT molecular complexity index is 953. The summed E-state index contributed by atoms with van der Waals surface area (Å²) in [6, 6.07) is 4.63. The van der Waals surface area contributed by atoms with E-state index in [1.807, 2.05) is 7.05 Å². The van der Waals surface area contributed by atoms with Gasteiger partial charge in [-0.15, -0.1) is 21.5 Å². The number of aromatic nitrogens is 4. The van der Waals surface area contributed by atoms with E-state index in [2.05, 4.69) is 15.2 Å². The molecule has 0 aliphatic heterocycles. The lowest BCUT2D eigenvalue weighted by molar-refractivity contribution is -0.137. The van der Waals surface area contributed by atoms with E-state index in [0.29, 0.717) is 21.7 Å². The van der Waals surface area contributed by atoms with Crippen molar-refractivity contribution < 1.29 is 18.0 Å². The largest absolute Gasteiger partial charge is 0.416 e. The molecular weight excluding hydrogens is 399 g/mol. The van der Waals surface area contributed by atoms with Crippen LogP contribution in [-0.4, -0.2) is 25.7 Å². The first-order valence-electron chi connectivity index (χ1n) is 7.65. The van der Waals surface area contributed by atoms with Gasteiger partial charge in [-0.05, 0) is 18.2 Å². The molecule has 0 aliphatic rings. The van der Waals surface area contributed by atoms with Gasteiger partial charge in [-0.2, -0.15) is 13.2 Å². The second kappa shape index (κ2) is 7.69. The molecule has 0 N–H and O–H groups in total. The second-order valence-corrected chi connectivity index (χ2v) is 7.32. The van der Waals surface area contributed by atoms with E-state index in [0.717, 1.165) is 12.1 Å². The minimum Gasteiger partial charge on any atom is -0.312 e. The molecule has 0 radical (unpaired) electrons. The number of carbonyl (C=O) groups excluding carboxylic acids is 1. The molecule has 1 amide bonds. The molecule has 3 aromatic rings. The Hall–Kier alpha value is -2.40. The van der Waals surface area contributed by atoms with Gasteiger partial charge in [0.15, 0.2) is 10.3 Å². The van der Waals surface area contributed by atoms with E-state index in [1.165, 1.54) is 47.1 Å². The van der Waals surface area contributed by atoms with Crippen molar-refractivity contribution in [2.24, 2.45) is 7.05 Å². The van der Waals surface area contributed by atoms with Gasteiger partial charge in [-0.1, -0.05) is 17.8 Å². The second-order valence-electron chi connectivity index (χ2n) is 5.54. The van der Waals surface area contributed by atoms with Gasteiger partial charge in [0.25, 0.3) is 0 Å². The molecule has 2 heterocycles. The number of alkyl halides is 3. The van der Waals surface area contributed by atoms with Gasteiger partial charge < -0.3 is 4.57 Å². The van der Waals surface area contributed by atoms with Crippen LogP contribution in [0.4, 0.5) is 24.0 Å². The van der Waals surface area contributed by atoms with Gasteiger partial charge in [-0.3, -0.25) is 9.69 Å². The summed E-state index contributed by atoms with van der Waals surface area (Å²) in [5, 5.41) is 10.5. The first kappa shape index (κ1) is 19.4. The minimum absolute atomic E-state index is 0.124. The number of thiazole rings is 1. The summed E-state index contributed by atoms with van der Waals surface area (Å²) < 4.78 is 40.7. The normalized spacial score (nSPS) is 11.6. The zero-order valence-corrected chi connectivity index (χ0v) is 15.9. The topological polar surface area (TPSA) is 63.9 Å². The van der Waals surface area contributed by atoms with Gasteiger partial charge in [0, 0.05) is 25.1 Å². The maximum absolute atomic E-state index is 13.0. The highest BCUT2D eigenvalue weighted by Gasteiger charge is 2.31. The van der Waals surface area contributed by atoms with Crippen LogP contribution in [0.25, 0.3) is 0 Å². The number of benzene rings is 1. The van der Waals surface area contributed by atoms with Crippen LogP contribution in [0.15, 0.2) is 41.1 Å². The quantitative estimate of drug-likeness (QED) is 0.585. The van der Waals surface area contributed by atoms with Gasteiger partial charge >= 0.3 is 6.18 Å². The lowest BCUT2D eigenvalue weighted by Crippen LogP contribution is -2.23. The number of amides is 1. The Labute approximate surface area is 161 Å². The van der Waals surface area contributed by atoms with Crippen molar-refractivity contribution >= 4 is 39.8 Å². The van der Waals surface area contributed by atoms with Gasteiger partial charge in [0.1, 0.15) is 6.33 Å². The molecular formula is C16H14F3N5OS2. The molecule has 0 saturated heterocycles. The summed E-state index contributed by atoms with van der Waals surface area (Å²) in [6.45, 7) is 1.29. The van der Waals surface area contributed by atoms with Gasteiger partial charge in [-0.25, -0.2) is 4.98 Å². The van der Waals surface area contributed by atoms with Crippen molar-refractivity contribution in [3.8, 4) is 0 Å². The fourth-order valence-electron chi connectivity index (χ4n) is 2.26. The summed E-state index contributed by atoms with van der Waals surface area (Å²) in [5.74, 6) is 0.0772. The minimum atomic E-state index is -4.49. The summed E-state index contributed by atoms with van der Waals surface area (Å²) >= 11 is 2.62. The molecule has 6 nitrogen and oxygen atoms in total. The van der Waals surface area contributed by atoms with Crippen molar-refractivity contribution in [1.82, 2.24) is 19.7 Å². The number of anilines is 2. The molecule has 3 rings (SSSR count).